The molecule has 0 aromatic rings. The number of rotatable bonds is 7. The van der Waals surface area contributed by atoms with Gasteiger partial charge in [0.05, 0.1) is 6.10 Å². The largest absolute Gasteiger partial charge is 0.378 e. The topological polar surface area (TPSA) is 24.5 Å². The third-order valence-electron chi connectivity index (χ3n) is 2.96. The predicted molar refractivity (Wildman–Crippen MR) is 72.2 cm³/mol. The van der Waals surface area contributed by atoms with Crippen molar-refractivity contribution < 1.29 is 4.74 Å². The first kappa shape index (κ1) is 14.3. The highest BCUT2D eigenvalue weighted by molar-refractivity contribution is 7.80. The van der Waals surface area contributed by atoms with E-state index in [2.05, 4.69) is 36.7 Å². The van der Waals surface area contributed by atoms with Gasteiger partial charge in [-0.05, 0) is 25.8 Å². The van der Waals surface area contributed by atoms with Crippen LogP contribution in [-0.2, 0) is 4.74 Å². The van der Waals surface area contributed by atoms with E-state index in [9.17, 15) is 0 Å². The first-order chi connectivity index (χ1) is 7.72. The summed E-state index contributed by atoms with van der Waals surface area (Å²) in [4.78, 5) is 2.36. The van der Waals surface area contributed by atoms with E-state index in [1.165, 1.54) is 0 Å². The molecule has 16 heavy (non-hydrogen) atoms. The Hall–Kier alpha value is 0.230. The Morgan fingerprint density at radius 3 is 2.62 bits per heavy atom. The maximum Gasteiger partial charge on any atom is 0.0599 e. The molecule has 4 heteroatoms. The summed E-state index contributed by atoms with van der Waals surface area (Å²) in [6.45, 7) is 8.58. The molecular weight excluding hydrogens is 220 g/mol. The number of hydrogen-bond donors (Lipinski definition) is 2. The van der Waals surface area contributed by atoms with E-state index in [1.54, 1.807) is 0 Å². The Morgan fingerprint density at radius 2 is 2.06 bits per heavy atom. The molecule has 1 heterocycles. The molecule has 0 aliphatic carbocycles. The third-order valence-corrected chi connectivity index (χ3v) is 3.36. The highest BCUT2D eigenvalue weighted by atomic mass is 32.1. The summed E-state index contributed by atoms with van der Waals surface area (Å²) in [7, 11) is 0. The smallest absolute Gasteiger partial charge is 0.0599 e. The maximum absolute atomic E-state index is 5.87. The van der Waals surface area contributed by atoms with E-state index in [1.807, 2.05) is 0 Å². The highest BCUT2D eigenvalue weighted by Crippen LogP contribution is 2.13. The maximum atomic E-state index is 5.87. The van der Waals surface area contributed by atoms with Crippen LogP contribution in [0.4, 0.5) is 0 Å². The van der Waals surface area contributed by atoms with Crippen molar-refractivity contribution in [3.63, 3.8) is 0 Å². The molecule has 0 saturated carbocycles. The summed E-state index contributed by atoms with van der Waals surface area (Å²) in [6.07, 6.45) is 3.93. The van der Waals surface area contributed by atoms with Gasteiger partial charge in [-0.3, -0.25) is 4.90 Å². The van der Waals surface area contributed by atoms with Crippen molar-refractivity contribution in [2.45, 2.75) is 45.3 Å². The highest BCUT2D eigenvalue weighted by Gasteiger charge is 2.18. The van der Waals surface area contributed by atoms with Crippen LogP contribution in [0.3, 0.4) is 0 Å². The van der Waals surface area contributed by atoms with Crippen molar-refractivity contribution in [3.05, 3.63) is 0 Å². The lowest BCUT2D eigenvalue weighted by atomic mass is 10.1. The lowest BCUT2D eigenvalue weighted by Crippen LogP contribution is -2.36. The van der Waals surface area contributed by atoms with Gasteiger partial charge in [0.2, 0.25) is 0 Å². The lowest BCUT2D eigenvalue weighted by molar-refractivity contribution is 0.0104. The number of piperidine rings is 1. The number of thiol groups is 1. The second-order valence-corrected chi connectivity index (χ2v) is 5.07. The second-order valence-electron chi connectivity index (χ2n) is 4.79. The van der Waals surface area contributed by atoms with Gasteiger partial charge in [0.15, 0.2) is 0 Å². The monoisotopic (exact) mass is 246 g/mol. The van der Waals surface area contributed by atoms with Gasteiger partial charge in [0, 0.05) is 31.6 Å². The van der Waals surface area contributed by atoms with E-state index >= 15 is 0 Å². The fourth-order valence-electron chi connectivity index (χ4n) is 1.93. The van der Waals surface area contributed by atoms with Gasteiger partial charge >= 0.3 is 0 Å². The Balaban J connectivity index is 1.94. The molecule has 0 amide bonds. The molecule has 1 N–H and O–H groups in total. The van der Waals surface area contributed by atoms with Gasteiger partial charge in [-0.1, -0.05) is 13.8 Å². The van der Waals surface area contributed by atoms with Crippen LogP contribution in [0.2, 0.25) is 0 Å². The van der Waals surface area contributed by atoms with E-state index in [0.29, 0.717) is 12.1 Å². The molecule has 0 spiro atoms. The zero-order valence-corrected chi connectivity index (χ0v) is 11.5. The van der Waals surface area contributed by atoms with E-state index < -0.39 is 0 Å². The van der Waals surface area contributed by atoms with Crippen LogP contribution in [-0.4, -0.2) is 49.2 Å². The fourth-order valence-corrected chi connectivity index (χ4v) is 2.21. The molecule has 0 aromatic carbocycles. The number of hydrogen-bond acceptors (Lipinski definition) is 4. The molecule has 0 bridgehead atoms. The predicted octanol–water partition coefficient (Wildman–Crippen LogP) is 1.74. The van der Waals surface area contributed by atoms with Crippen molar-refractivity contribution in [1.82, 2.24) is 10.2 Å². The molecule has 1 aliphatic rings. The van der Waals surface area contributed by atoms with Crippen LogP contribution in [0.25, 0.3) is 0 Å². The first-order valence-corrected chi connectivity index (χ1v) is 7.04. The van der Waals surface area contributed by atoms with E-state index in [4.69, 9.17) is 4.74 Å². The number of nitrogens with zero attached hydrogens (tertiary/aromatic N) is 1. The van der Waals surface area contributed by atoms with Gasteiger partial charge in [-0.2, -0.15) is 12.6 Å². The molecule has 0 aromatic heterocycles. The summed E-state index contributed by atoms with van der Waals surface area (Å²) < 4.78 is 5.87. The summed E-state index contributed by atoms with van der Waals surface area (Å²) in [5.41, 5.74) is 0. The van der Waals surface area contributed by atoms with Crippen molar-refractivity contribution >= 4 is 12.6 Å². The van der Waals surface area contributed by atoms with Crippen LogP contribution in [0.15, 0.2) is 0 Å². The van der Waals surface area contributed by atoms with Gasteiger partial charge in [0.1, 0.15) is 0 Å². The summed E-state index contributed by atoms with van der Waals surface area (Å²) in [6, 6.07) is 0.582. The minimum Gasteiger partial charge on any atom is -0.378 e. The normalized spacial score (nSPS) is 19.5. The number of ether oxygens (including phenoxy) is 1. The Labute approximate surface area is 105 Å². The van der Waals surface area contributed by atoms with Crippen LogP contribution < -0.4 is 5.32 Å². The van der Waals surface area contributed by atoms with Gasteiger partial charge in [-0.25, -0.2) is 0 Å². The summed E-state index contributed by atoms with van der Waals surface area (Å²) >= 11 is 4.29. The average molecular weight is 246 g/mol. The van der Waals surface area contributed by atoms with E-state index in [0.717, 1.165) is 51.4 Å². The Kier molecular flexibility index (Phi) is 7.45. The molecule has 0 unspecified atom stereocenters. The third kappa shape index (κ3) is 6.09. The minimum atomic E-state index is 0.482. The molecule has 0 atom stereocenters. The van der Waals surface area contributed by atoms with Crippen LogP contribution >= 0.6 is 12.6 Å². The molecule has 1 rings (SSSR count). The molecule has 1 aliphatic heterocycles. The molecule has 1 saturated heterocycles. The van der Waals surface area contributed by atoms with Crippen molar-refractivity contribution in [3.8, 4) is 0 Å². The summed E-state index contributed by atoms with van der Waals surface area (Å²) in [5.74, 6) is 0.880. The molecule has 96 valence electrons. The van der Waals surface area contributed by atoms with Gasteiger partial charge in [0.25, 0.3) is 0 Å². The van der Waals surface area contributed by atoms with Crippen molar-refractivity contribution in [1.29, 1.82) is 0 Å². The summed E-state index contributed by atoms with van der Waals surface area (Å²) in [5, 5.41) is 3.40. The average Bonchev–Trinajstić information content (AvgIpc) is 2.29. The number of nitrogens with one attached hydrogen (secondary N) is 1. The molecule has 1 fully saturated rings. The van der Waals surface area contributed by atoms with Gasteiger partial charge < -0.3 is 10.1 Å². The minimum absolute atomic E-state index is 0.482. The van der Waals surface area contributed by atoms with Crippen molar-refractivity contribution in [2.75, 3.05) is 32.1 Å². The SMILES string of the molecule is CC(C)NCCCOC1CCN(CS)CC1. The zero-order chi connectivity index (χ0) is 11.8. The lowest BCUT2D eigenvalue weighted by Gasteiger charge is -2.30. The van der Waals surface area contributed by atoms with Crippen molar-refractivity contribution in [2.24, 2.45) is 0 Å². The fraction of sp³-hybridized carbons (Fsp3) is 1.00. The quantitative estimate of drug-likeness (QED) is 0.529. The van der Waals surface area contributed by atoms with Gasteiger partial charge in [-0.15, -0.1) is 0 Å². The molecule has 3 nitrogen and oxygen atoms in total. The Morgan fingerprint density at radius 1 is 1.38 bits per heavy atom. The molecular formula is C12H26N2OS. The Bertz CT molecular complexity index is 170. The van der Waals surface area contributed by atoms with Crippen LogP contribution in [0, 0.1) is 0 Å². The van der Waals surface area contributed by atoms with E-state index in [-0.39, 0.29) is 0 Å². The molecule has 0 radical (unpaired) electrons. The van der Waals surface area contributed by atoms with Crippen LogP contribution in [0.5, 0.6) is 0 Å². The first-order valence-electron chi connectivity index (χ1n) is 6.40. The van der Waals surface area contributed by atoms with Crippen LogP contribution in [0.1, 0.15) is 33.1 Å². The number of likely N-dealkylation sites (tertiary alicyclic amines) is 1. The standard InChI is InChI=1S/C12H26N2OS/c1-11(2)13-6-3-9-15-12-4-7-14(10-16)8-5-12/h11-13,16H,3-10H2,1-2H3. The zero-order valence-electron chi connectivity index (χ0n) is 10.6. The second kappa shape index (κ2) is 8.34.